The standard InChI is InChI=1S/C17H16O4/c1-10-3-5-12(8-14(10)16(18)19)7-13-6-4-11(2)15(9-13)17(20)21/h3-6,8-9H,7H2,1-2H3,(H,18,19)(H,20,21). The van der Waals surface area contributed by atoms with Gasteiger partial charge in [-0.3, -0.25) is 0 Å². The molecule has 2 rings (SSSR count). The molecule has 21 heavy (non-hydrogen) atoms. The number of aromatic carboxylic acids is 2. The molecule has 4 heteroatoms. The van der Waals surface area contributed by atoms with Gasteiger partial charge in [0.25, 0.3) is 0 Å². The molecule has 0 aliphatic carbocycles. The summed E-state index contributed by atoms with van der Waals surface area (Å²) >= 11 is 0. The Labute approximate surface area is 122 Å². The predicted octanol–water partition coefficient (Wildman–Crippen LogP) is 3.29. The first-order chi connectivity index (χ1) is 9.88. The van der Waals surface area contributed by atoms with Crippen LogP contribution in [-0.2, 0) is 6.42 Å². The van der Waals surface area contributed by atoms with Gasteiger partial charge in [-0.1, -0.05) is 24.3 Å². The second-order valence-corrected chi connectivity index (χ2v) is 5.09. The Morgan fingerprint density at radius 3 is 1.52 bits per heavy atom. The van der Waals surface area contributed by atoms with Gasteiger partial charge in [0.05, 0.1) is 11.1 Å². The van der Waals surface area contributed by atoms with Crippen LogP contribution < -0.4 is 0 Å². The normalized spacial score (nSPS) is 10.4. The van der Waals surface area contributed by atoms with Crippen molar-refractivity contribution in [3.63, 3.8) is 0 Å². The van der Waals surface area contributed by atoms with E-state index in [1.54, 1.807) is 38.1 Å². The van der Waals surface area contributed by atoms with Gasteiger partial charge in [0, 0.05) is 0 Å². The lowest BCUT2D eigenvalue weighted by molar-refractivity contribution is 0.0685. The minimum absolute atomic E-state index is 0.276. The molecule has 0 aromatic heterocycles. The van der Waals surface area contributed by atoms with Crippen LogP contribution in [0.25, 0.3) is 0 Å². The summed E-state index contributed by atoms with van der Waals surface area (Å²) in [4.78, 5) is 22.3. The number of hydrogen-bond acceptors (Lipinski definition) is 2. The van der Waals surface area contributed by atoms with E-state index in [1.165, 1.54) is 0 Å². The summed E-state index contributed by atoms with van der Waals surface area (Å²) < 4.78 is 0. The second kappa shape index (κ2) is 5.79. The van der Waals surface area contributed by atoms with Gasteiger partial charge in [0.15, 0.2) is 0 Å². The molecule has 0 heterocycles. The minimum atomic E-state index is -0.954. The van der Waals surface area contributed by atoms with Gasteiger partial charge >= 0.3 is 11.9 Å². The third kappa shape index (κ3) is 3.28. The summed E-state index contributed by atoms with van der Waals surface area (Å²) in [5.74, 6) is -1.91. The van der Waals surface area contributed by atoms with Crippen molar-refractivity contribution in [2.75, 3.05) is 0 Å². The molecule has 2 N–H and O–H groups in total. The zero-order valence-corrected chi connectivity index (χ0v) is 11.9. The molecule has 2 aromatic carbocycles. The molecule has 0 amide bonds. The van der Waals surface area contributed by atoms with E-state index in [2.05, 4.69) is 0 Å². The zero-order chi connectivity index (χ0) is 15.6. The predicted molar refractivity (Wildman–Crippen MR) is 79.1 cm³/mol. The van der Waals surface area contributed by atoms with E-state index in [1.807, 2.05) is 12.1 Å². The van der Waals surface area contributed by atoms with Crippen LogP contribution in [0.5, 0.6) is 0 Å². The van der Waals surface area contributed by atoms with E-state index in [4.69, 9.17) is 10.2 Å². The Hall–Kier alpha value is -2.62. The smallest absolute Gasteiger partial charge is 0.335 e. The first-order valence-corrected chi connectivity index (χ1v) is 6.54. The van der Waals surface area contributed by atoms with Gasteiger partial charge in [-0.05, 0) is 54.7 Å². The molecule has 0 saturated carbocycles. The molecule has 108 valence electrons. The van der Waals surface area contributed by atoms with Gasteiger partial charge in [-0.15, -0.1) is 0 Å². The molecule has 0 atom stereocenters. The fourth-order valence-corrected chi connectivity index (χ4v) is 2.25. The fraction of sp³-hybridized carbons (Fsp3) is 0.176. The summed E-state index contributed by atoms with van der Waals surface area (Å²) in [7, 11) is 0. The minimum Gasteiger partial charge on any atom is -0.478 e. The van der Waals surface area contributed by atoms with E-state index >= 15 is 0 Å². The van der Waals surface area contributed by atoms with Crippen molar-refractivity contribution in [2.24, 2.45) is 0 Å². The third-order valence-corrected chi connectivity index (χ3v) is 3.47. The topological polar surface area (TPSA) is 74.6 Å². The Kier molecular flexibility index (Phi) is 4.08. The molecule has 4 nitrogen and oxygen atoms in total. The van der Waals surface area contributed by atoms with Gasteiger partial charge in [-0.25, -0.2) is 9.59 Å². The van der Waals surface area contributed by atoms with Crippen LogP contribution in [0.4, 0.5) is 0 Å². The molecule has 0 unspecified atom stereocenters. The van der Waals surface area contributed by atoms with Crippen molar-refractivity contribution in [3.8, 4) is 0 Å². The van der Waals surface area contributed by atoms with E-state index < -0.39 is 11.9 Å². The molecule has 0 aliphatic rings. The van der Waals surface area contributed by atoms with Gasteiger partial charge in [-0.2, -0.15) is 0 Å². The van der Waals surface area contributed by atoms with Crippen molar-refractivity contribution in [3.05, 3.63) is 69.8 Å². The highest BCUT2D eigenvalue weighted by molar-refractivity contribution is 5.90. The number of carboxylic acids is 2. The number of rotatable bonds is 4. The molecule has 0 spiro atoms. The molecule has 0 saturated heterocycles. The molecule has 0 aliphatic heterocycles. The van der Waals surface area contributed by atoms with Crippen LogP contribution in [0.3, 0.4) is 0 Å². The van der Waals surface area contributed by atoms with Crippen LogP contribution in [0.1, 0.15) is 43.0 Å². The average molecular weight is 284 g/mol. The molecule has 2 aromatic rings. The average Bonchev–Trinajstić information content (AvgIpc) is 2.42. The highest BCUT2D eigenvalue weighted by Gasteiger charge is 2.10. The van der Waals surface area contributed by atoms with Crippen molar-refractivity contribution in [1.29, 1.82) is 0 Å². The summed E-state index contributed by atoms with van der Waals surface area (Å²) in [6.45, 7) is 3.50. The van der Waals surface area contributed by atoms with Crippen LogP contribution >= 0.6 is 0 Å². The number of carbonyl (C=O) groups is 2. The molecule has 0 fully saturated rings. The molecule has 0 radical (unpaired) electrons. The lowest BCUT2D eigenvalue weighted by Crippen LogP contribution is -2.03. The van der Waals surface area contributed by atoms with Crippen molar-refractivity contribution in [2.45, 2.75) is 20.3 Å². The highest BCUT2D eigenvalue weighted by Crippen LogP contribution is 2.18. The van der Waals surface area contributed by atoms with E-state index in [0.29, 0.717) is 17.5 Å². The summed E-state index contributed by atoms with van der Waals surface area (Å²) in [5, 5.41) is 18.3. The maximum absolute atomic E-state index is 11.1. The van der Waals surface area contributed by atoms with Crippen LogP contribution in [0, 0.1) is 13.8 Å². The molecular formula is C17H16O4. The summed E-state index contributed by atoms with van der Waals surface area (Å²) in [6, 6.07) is 10.5. The second-order valence-electron chi connectivity index (χ2n) is 5.09. The number of benzene rings is 2. The Balaban J connectivity index is 2.34. The first kappa shape index (κ1) is 14.8. The monoisotopic (exact) mass is 284 g/mol. The van der Waals surface area contributed by atoms with Gasteiger partial charge < -0.3 is 10.2 Å². The van der Waals surface area contributed by atoms with Crippen LogP contribution in [0.2, 0.25) is 0 Å². The maximum atomic E-state index is 11.1. The van der Waals surface area contributed by atoms with Gasteiger partial charge in [0.1, 0.15) is 0 Å². The summed E-state index contributed by atoms with van der Waals surface area (Å²) in [5.41, 5.74) is 3.66. The number of carboxylic acid groups (broad SMARTS) is 2. The quantitative estimate of drug-likeness (QED) is 0.903. The summed E-state index contributed by atoms with van der Waals surface area (Å²) in [6.07, 6.45) is 0.501. The largest absolute Gasteiger partial charge is 0.478 e. The Morgan fingerprint density at radius 2 is 1.19 bits per heavy atom. The first-order valence-electron chi connectivity index (χ1n) is 6.54. The number of hydrogen-bond donors (Lipinski definition) is 2. The lowest BCUT2D eigenvalue weighted by Gasteiger charge is -2.08. The molecule has 0 bridgehead atoms. The lowest BCUT2D eigenvalue weighted by atomic mass is 9.97. The van der Waals surface area contributed by atoms with Crippen molar-refractivity contribution >= 4 is 11.9 Å². The third-order valence-electron chi connectivity index (χ3n) is 3.47. The van der Waals surface area contributed by atoms with Crippen LogP contribution in [0.15, 0.2) is 36.4 Å². The van der Waals surface area contributed by atoms with Crippen molar-refractivity contribution < 1.29 is 19.8 Å². The maximum Gasteiger partial charge on any atom is 0.335 e. The zero-order valence-electron chi connectivity index (χ0n) is 11.9. The highest BCUT2D eigenvalue weighted by atomic mass is 16.4. The number of aryl methyl sites for hydroxylation is 2. The Bertz CT molecular complexity index is 655. The van der Waals surface area contributed by atoms with Gasteiger partial charge in [0.2, 0.25) is 0 Å². The van der Waals surface area contributed by atoms with Crippen LogP contribution in [-0.4, -0.2) is 22.2 Å². The Morgan fingerprint density at radius 1 is 0.810 bits per heavy atom. The van der Waals surface area contributed by atoms with Crippen molar-refractivity contribution in [1.82, 2.24) is 0 Å². The van der Waals surface area contributed by atoms with E-state index in [-0.39, 0.29) is 11.1 Å². The van der Waals surface area contributed by atoms with E-state index in [9.17, 15) is 9.59 Å². The fourth-order valence-electron chi connectivity index (χ4n) is 2.25. The van der Waals surface area contributed by atoms with E-state index in [0.717, 1.165) is 11.1 Å². The molecular weight excluding hydrogens is 268 g/mol. The SMILES string of the molecule is Cc1ccc(Cc2ccc(C)c(C(=O)O)c2)cc1C(=O)O.